The molecule has 2 saturated heterocycles. The number of anilines is 1. The van der Waals surface area contributed by atoms with E-state index in [1.165, 1.54) is 6.07 Å². The van der Waals surface area contributed by atoms with Crippen molar-refractivity contribution >= 4 is 17.3 Å². The first-order valence-electron chi connectivity index (χ1n) is 8.05. The molecule has 1 atom stereocenters. The van der Waals surface area contributed by atoms with E-state index in [9.17, 15) is 14.9 Å². The van der Waals surface area contributed by atoms with Crippen LogP contribution in [0.3, 0.4) is 0 Å². The fourth-order valence-corrected chi connectivity index (χ4v) is 2.90. The zero-order valence-corrected chi connectivity index (χ0v) is 13.3. The monoisotopic (exact) mass is 336 g/mol. The van der Waals surface area contributed by atoms with Crippen molar-refractivity contribution in [3.05, 3.63) is 33.9 Å². The van der Waals surface area contributed by atoms with Gasteiger partial charge in [-0.3, -0.25) is 10.1 Å². The Kier molecular flexibility index (Phi) is 5.27. The molecule has 2 aliphatic rings. The third-order valence-corrected chi connectivity index (χ3v) is 4.18. The van der Waals surface area contributed by atoms with Gasteiger partial charge in [0.15, 0.2) is 0 Å². The molecule has 0 aliphatic carbocycles. The van der Waals surface area contributed by atoms with Gasteiger partial charge in [0.05, 0.1) is 29.8 Å². The summed E-state index contributed by atoms with van der Waals surface area (Å²) < 4.78 is 15.9. The molecule has 24 heavy (non-hydrogen) atoms. The van der Waals surface area contributed by atoms with E-state index in [2.05, 4.69) is 0 Å². The summed E-state index contributed by atoms with van der Waals surface area (Å²) in [5.74, 6) is -0.567. The zero-order valence-electron chi connectivity index (χ0n) is 13.3. The maximum absolute atomic E-state index is 12.1. The minimum Gasteiger partial charge on any atom is -0.459 e. The second kappa shape index (κ2) is 7.59. The molecule has 3 rings (SSSR count). The van der Waals surface area contributed by atoms with E-state index in [0.29, 0.717) is 38.6 Å². The molecule has 8 nitrogen and oxygen atoms in total. The Morgan fingerprint density at radius 1 is 1.33 bits per heavy atom. The number of esters is 1. The molecule has 0 amide bonds. The average molecular weight is 336 g/mol. The Labute approximate surface area is 139 Å². The first-order valence-corrected chi connectivity index (χ1v) is 8.05. The quantitative estimate of drug-likeness (QED) is 0.460. The van der Waals surface area contributed by atoms with E-state index < -0.39 is 10.9 Å². The van der Waals surface area contributed by atoms with Crippen molar-refractivity contribution in [3.8, 4) is 0 Å². The topological polar surface area (TPSA) is 91.1 Å². The first kappa shape index (κ1) is 16.7. The number of morpholine rings is 1. The minimum absolute atomic E-state index is 0.0726. The second-order valence-electron chi connectivity index (χ2n) is 5.79. The van der Waals surface area contributed by atoms with Crippen LogP contribution in [0.2, 0.25) is 0 Å². The SMILES string of the molecule is O=C(OC[C@H]1CCCO1)c1ccc(N2CCOCC2)c([N+](=O)[O-])c1. The van der Waals surface area contributed by atoms with Crippen LogP contribution in [0.4, 0.5) is 11.4 Å². The normalized spacial score (nSPS) is 20.8. The number of carbonyl (C=O) groups excluding carboxylic acids is 1. The first-order chi connectivity index (χ1) is 11.6. The van der Waals surface area contributed by atoms with Crippen LogP contribution in [0.15, 0.2) is 18.2 Å². The van der Waals surface area contributed by atoms with Crippen LogP contribution in [-0.4, -0.2) is 56.5 Å². The van der Waals surface area contributed by atoms with Crippen molar-refractivity contribution < 1.29 is 23.9 Å². The van der Waals surface area contributed by atoms with Gasteiger partial charge in [-0.1, -0.05) is 0 Å². The van der Waals surface area contributed by atoms with Crippen molar-refractivity contribution in [2.75, 3.05) is 44.4 Å². The number of rotatable bonds is 5. The highest BCUT2D eigenvalue weighted by molar-refractivity contribution is 5.91. The fraction of sp³-hybridized carbons (Fsp3) is 0.562. The lowest BCUT2D eigenvalue weighted by Gasteiger charge is -2.28. The van der Waals surface area contributed by atoms with E-state index in [0.717, 1.165) is 12.8 Å². The van der Waals surface area contributed by atoms with Crippen LogP contribution in [0.1, 0.15) is 23.2 Å². The van der Waals surface area contributed by atoms with Gasteiger partial charge in [-0.15, -0.1) is 0 Å². The van der Waals surface area contributed by atoms with Crippen molar-refractivity contribution in [1.29, 1.82) is 0 Å². The molecule has 8 heteroatoms. The second-order valence-corrected chi connectivity index (χ2v) is 5.79. The molecule has 0 saturated carbocycles. The van der Waals surface area contributed by atoms with E-state index in [-0.39, 0.29) is 24.0 Å². The molecular weight excluding hydrogens is 316 g/mol. The maximum Gasteiger partial charge on any atom is 0.338 e. The van der Waals surface area contributed by atoms with Crippen molar-refractivity contribution in [1.82, 2.24) is 0 Å². The molecule has 2 fully saturated rings. The predicted molar refractivity (Wildman–Crippen MR) is 85.4 cm³/mol. The fourth-order valence-electron chi connectivity index (χ4n) is 2.90. The highest BCUT2D eigenvalue weighted by atomic mass is 16.6. The molecule has 2 aliphatic heterocycles. The van der Waals surface area contributed by atoms with E-state index in [4.69, 9.17) is 14.2 Å². The van der Waals surface area contributed by atoms with Crippen LogP contribution < -0.4 is 4.90 Å². The van der Waals surface area contributed by atoms with Crippen molar-refractivity contribution in [3.63, 3.8) is 0 Å². The number of nitrogens with zero attached hydrogens (tertiary/aromatic N) is 2. The third kappa shape index (κ3) is 3.82. The Morgan fingerprint density at radius 2 is 2.12 bits per heavy atom. The molecular formula is C16H20N2O6. The zero-order chi connectivity index (χ0) is 16.9. The molecule has 1 aromatic carbocycles. The van der Waals surface area contributed by atoms with Gasteiger partial charge < -0.3 is 19.1 Å². The van der Waals surface area contributed by atoms with Gasteiger partial charge in [-0.05, 0) is 25.0 Å². The predicted octanol–water partition coefficient (Wildman–Crippen LogP) is 1.77. The lowest BCUT2D eigenvalue weighted by molar-refractivity contribution is -0.384. The highest BCUT2D eigenvalue weighted by Gasteiger charge is 2.24. The maximum atomic E-state index is 12.1. The Bertz CT molecular complexity index is 609. The number of nitro benzene ring substituents is 1. The summed E-state index contributed by atoms with van der Waals surface area (Å²) >= 11 is 0. The summed E-state index contributed by atoms with van der Waals surface area (Å²) in [4.78, 5) is 24.9. The molecule has 0 bridgehead atoms. The third-order valence-electron chi connectivity index (χ3n) is 4.18. The van der Waals surface area contributed by atoms with Crippen LogP contribution >= 0.6 is 0 Å². The smallest absolute Gasteiger partial charge is 0.338 e. The van der Waals surface area contributed by atoms with Gasteiger partial charge in [0.2, 0.25) is 0 Å². The summed E-state index contributed by atoms with van der Waals surface area (Å²) in [6.07, 6.45) is 1.75. The molecule has 0 unspecified atom stereocenters. The van der Waals surface area contributed by atoms with Gasteiger partial charge >= 0.3 is 5.97 Å². The molecule has 0 N–H and O–H groups in total. The summed E-state index contributed by atoms with van der Waals surface area (Å²) in [5.41, 5.74) is 0.583. The Morgan fingerprint density at radius 3 is 2.79 bits per heavy atom. The van der Waals surface area contributed by atoms with Crippen LogP contribution in [0.5, 0.6) is 0 Å². The summed E-state index contributed by atoms with van der Waals surface area (Å²) in [6.45, 7) is 3.09. The lowest BCUT2D eigenvalue weighted by Crippen LogP contribution is -2.36. The largest absolute Gasteiger partial charge is 0.459 e. The van der Waals surface area contributed by atoms with Gasteiger partial charge in [-0.2, -0.15) is 0 Å². The average Bonchev–Trinajstić information content (AvgIpc) is 3.13. The van der Waals surface area contributed by atoms with Crippen molar-refractivity contribution in [2.45, 2.75) is 18.9 Å². The van der Waals surface area contributed by atoms with Gasteiger partial charge in [-0.25, -0.2) is 4.79 Å². The summed E-state index contributed by atoms with van der Waals surface area (Å²) in [6, 6.07) is 4.45. The van der Waals surface area contributed by atoms with Crippen molar-refractivity contribution in [2.24, 2.45) is 0 Å². The number of hydrogen-bond acceptors (Lipinski definition) is 7. The van der Waals surface area contributed by atoms with Crippen LogP contribution in [0, 0.1) is 10.1 Å². The van der Waals surface area contributed by atoms with Gasteiger partial charge in [0.25, 0.3) is 5.69 Å². The molecule has 130 valence electrons. The number of nitro groups is 1. The van der Waals surface area contributed by atoms with E-state index in [1.807, 2.05) is 4.90 Å². The number of ether oxygens (including phenoxy) is 3. The van der Waals surface area contributed by atoms with E-state index >= 15 is 0 Å². The van der Waals surface area contributed by atoms with Gasteiger partial charge in [0, 0.05) is 25.8 Å². The van der Waals surface area contributed by atoms with Crippen LogP contribution in [-0.2, 0) is 14.2 Å². The Balaban J connectivity index is 1.72. The van der Waals surface area contributed by atoms with Gasteiger partial charge in [0.1, 0.15) is 12.3 Å². The molecule has 0 radical (unpaired) electrons. The number of benzene rings is 1. The molecule has 0 spiro atoms. The standard InChI is InChI=1S/C16H20N2O6/c19-16(24-11-13-2-1-7-23-13)12-3-4-14(15(10-12)18(20)21)17-5-8-22-9-6-17/h3-4,10,13H,1-2,5-9,11H2/t13-/m1/s1. The number of carbonyl (C=O) groups is 1. The lowest BCUT2D eigenvalue weighted by atomic mass is 10.1. The van der Waals surface area contributed by atoms with E-state index in [1.54, 1.807) is 12.1 Å². The number of hydrogen-bond donors (Lipinski definition) is 0. The highest BCUT2D eigenvalue weighted by Crippen LogP contribution is 2.30. The molecule has 1 aromatic rings. The van der Waals surface area contributed by atoms with Crippen LogP contribution in [0.25, 0.3) is 0 Å². The Hall–Kier alpha value is -2.19. The summed E-state index contributed by atoms with van der Waals surface area (Å²) in [7, 11) is 0. The molecule has 2 heterocycles. The molecule has 0 aromatic heterocycles. The summed E-state index contributed by atoms with van der Waals surface area (Å²) in [5, 5.41) is 11.4. The minimum atomic E-state index is -0.567.